The van der Waals surface area contributed by atoms with Crippen molar-refractivity contribution in [3.05, 3.63) is 16.6 Å². The SMILES string of the molecule is CCCC(C)C(Cc1cncs1)NCC. The number of thiazole rings is 1. The number of hydrogen-bond donors (Lipinski definition) is 1. The van der Waals surface area contributed by atoms with Crippen molar-refractivity contribution in [3.8, 4) is 0 Å². The molecule has 2 atom stereocenters. The molecule has 0 saturated heterocycles. The fraction of sp³-hybridized carbons (Fsp3) is 0.750. The summed E-state index contributed by atoms with van der Waals surface area (Å²) in [4.78, 5) is 5.52. The number of nitrogens with one attached hydrogen (secondary N) is 1. The standard InChI is InChI=1S/C12H22N2S/c1-4-6-10(3)12(14-5-2)7-11-8-13-9-15-11/h8-10,12,14H,4-7H2,1-3H3. The van der Waals surface area contributed by atoms with Crippen molar-refractivity contribution in [2.24, 2.45) is 5.92 Å². The lowest BCUT2D eigenvalue weighted by atomic mass is 9.94. The predicted molar refractivity (Wildman–Crippen MR) is 67.4 cm³/mol. The fourth-order valence-corrected chi connectivity index (χ4v) is 2.61. The first-order valence-corrected chi connectivity index (χ1v) is 6.76. The molecule has 1 rings (SSSR count). The fourth-order valence-electron chi connectivity index (χ4n) is 1.95. The van der Waals surface area contributed by atoms with Crippen LogP contribution in [0.3, 0.4) is 0 Å². The molecule has 0 fully saturated rings. The van der Waals surface area contributed by atoms with Crippen molar-refractivity contribution in [2.45, 2.75) is 46.1 Å². The van der Waals surface area contributed by atoms with Gasteiger partial charge in [0.05, 0.1) is 5.51 Å². The lowest BCUT2D eigenvalue weighted by Gasteiger charge is -2.23. The smallest absolute Gasteiger partial charge is 0.0794 e. The van der Waals surface area contributed by atoms with E-state index in [0.29, 0.717) is 6.04 Å². The van der Waals surface area contributed by atoms with Crippen LogP contribution in [-0.4, -0.2) is 17.6 Å². The molecule has 2 unspecified atom stereocenters. The van der Waals surface area contributed by atoms with Gasteiger partial charge in [-0.25, -0.2) is 0 Å². The van der Waals surface area contributed by atoms with Gasteiger partial charge in [-0.15, -0.1) is 11.3 Å². The minimum atomic E-state index is 0.607. The van der Waals surface area contributed by atoms with E-state index in [1.54, 1.807) is 11.3 Å². The second kappa shape index (κ2) is 6.96. The van der Waals surface area contributed by atoms with Crippen LogP contribution in [-0.2, 0) is 6.42 Å². The van der Waals surface area contributed by atoms with Crippen LogP contribution in [0.4, 0.5) is 0 Å². The van der Waals surface area contributed by atoms with E-state index in [1.807, 2.05) is 11.7 Å². The van der Waals surface area contributed by atoms with Gasteiger partial charge in [-0.05, 0) is 25.3 Å². The van der Waals surface area contributed by atoms with E-state index in [9.17, 15) is 0 Å². The number of likely N-dealkylation sites (N-methyl/N-ethyl adjacent to an activating group) is 1. The molecule has 0 bridgehead atoms. The van der Waals surface area contributed by atoms with Crippen LogP contribution in [0.2, 0.25) is 0 Å². The van der Waals surface area contributed by atoms with Crippen molar-refractivity contribution < 1.29 is 0 Å². The maximum Gasteiger partial charge on any atom is 0.0794 e. The number of nitrogens with zero attached hydrogens (tertiary/aromatic N) is 1. The van der Waals surface area contributed by atoms with E-state index in [1.165, 1.54) is 17.7 Å². The number of hydrogen-bond acceptors (Lipinski definition) is 3. The minimum Gasteiger partial charge on any atom is -0.314 e. The predicted octanol–water partition coefficient (Wildman–Crippen LogP) is 3.10. The summed E-state index contributed by atoms with van der Waals surface area (Å²) in [5, 5.41) is 3.58. The van der Waals surface area contributed by atoms with E-state index in [0.717, 1.165) is 18.9 Å². The summed E-state index contributed by atoms with van der Waals surface area (Å²) in [5.74, 6) is 0.747. The Hall–Kier alpha value is -0.410. The van der Waals surface area contributed by atoms with E-state index < -0.39 is 0 Å². The maximum absolute atomic E-state index is 4.13. The summed E-state index contributed by atoms with van der Waals surface area (Å²) in [5.41, 5.74) is 1.92. The summed E-state index contributed by atoms with van der Waals surface area (Å²) in [6, 6.07) is 0.607. The third-order valence-electron chi connectivity index (χ3n) is 2.80. The van der Waals surface area contributed by atoms with Crippen molar-refractivity contribution in [1.29, 1.82) is 0 Å². The molecular weight excluding hydrogens is 204 g/mol. The quantitative estimate of drug-likeness (QED) is 0.773. The average Bonchev–Trinajstić information content (AvgIpc) is 2.70. The van der Waals surface area contributed by atoms with Gasteiger partial charge in [0.2, 0.25) is 0 Å². The average molecular weight is 226 g/mol. The van der Waals surface area contributed by atoms with Crippen molar-refractivity contribution in [3.63, 3.8) is 0 Å². The van der Waals surface area contributed by atoms with Crippen molar-refractivity contribution >= 4 is 11.3 Å². The van der Waals surface area contributed by atoms with Crippen molar-refractivity contribution in [2.75, 3.05) is 6.54 Å². The Kier molecular flexibility index (Phi) is 5.88. The number of rotatable bonds is 7. The molecule has 0 aromatic carbocycles. The maximum atomic E-state index is 4.13. The van der Waals surface area contributed by atoms with Gasteiger partial charge < -0.3 is 5.32 Å². The molecule has 0 aliphatic carbocycles. The lowest BCUT2D eigenvalue weighted by molar-refractivity contribution is 0.359. The Bertz CT molecular complexity index is 246. The van der Waals surface area contributed by atoms with Gasteiger partial charge in [-0.3, -0.25) is 4.98 Å². The van der Waals surface area contributed by atoms with Crippen LogP contribution in [0.1, 0.15) is 38.5 Å². The first-order valence-electron chi connectivity index (χ1n) is 5.88. The summed E-state index contributed by atoms with van der Waals surface area (Å²) in [7, 11) is 0. The summed E-state index contributed by atoms with van der Waals surface area (Å²) < 4.78 is 0. The Morgan fingerprint density at radius 3 is 2.80 bits per heavy atom. The van der Waals surface area contributed by atoms with Gasteiger partial charge in [0, 0.05) is 17.1 Å². The third kappa shape index (κ3) is 4.31. The summed E-state index contributed by atoms with van der Waals surface area (Å²) in [6.07, 6.45) is 5.69. The van der Waals surface area contributed by atoms with Gasteiger partial charge >= 0.3 is 0 Å². The van der Waals surface area contributed by atoms with E-state index in [2.05, 4.69) is 31.1 Å². The molecule has 2 nitrogen and oxygen atoms in total. The van der Waals surface area contributed by atoms with Crippen LogP contribution < -0.4 is 5.32 Å². The highest BCUT2D eigenvalue weighted by Crippen LogP contribution is 2.17. The second-order valence-electron chi connectivity index (χ2n) is 4.10. The molecule has 0 amide bonds. The Balaban J connectivity index is 2.49. The van der Waals surface area contributed by atoms with Crippen LogP contribution in [0.25, 0.3) is 0 Å². The molecule has 0 aliphatic heterocycles. The molecule has 86 valence electrons. The highest BCUT2D eigenvalue weighted by Gasteiger charge is 2.16. The van der Waals surface area contributed by atoms with Gasteiger partial charge in [-0.2, -0.15) is 0 Å². The zero-order chi connectivity index (χ0) is 11.1. The highest BCUT2D eigenvalue weighted by atomic mass is 32.1. The molecule has 0 radical (unpaired) electrons. The topological polar surface area (TPSA) is 24.9 Å². The first kappa shape index (κ1) is 12.7. The molecule has 1 heterocycles. The highest BCUT2D eigenvalue weighted by molar-refractivity contribution is 7.09. The molecule has 0 saturated carbocycles. The molecule has 1 aromatic heterocycles. The van der Waals surface area contributed by atoms with E-state index in [-0.39, 0.29) is 0 Å². The molecule has 3 heteroatoms. The van der Waals surface area contributed by atoms with Gasteiger partial charge in [-0.1, -0.05) is 27.2 Å². The monoisotopic (exact) mass is 226 g/mol. The molecule has 0 spiro atoms. The molecule has 15 heavy (non-hydrogen) atoms. The lowest BCUT2D eigenvalue weighted by Crippen LogP contribution is -2.36. The number of aromatic nitrogens is 1. The second-order valence-corrected chi connectivity index (χ2v) is 5.07. The first-order chi connectivity index (χ1) is 7.27. The van der Waals surface area contributed by atoms with Crippen molar-refractivity contribution in [1.82, 2.24) is 10.3 Å². The molecule has 1 aromatic rings. The van der Waals surface area contributed by atoms with Crippen LogP contribution in [0, 0.1) is 5.92 Å². The molecule has 0 aliphatic rings. The molecular formula is C12H22N2S. The van der Waals surface area contributed by atoms with Gasteiger partial charge in [0.1, 0.15) is 0 Å². The van der Waals surface area contributed by atoms with Crippen LogP contribution in [0.15, 0.2) is 11.7 Å². The zero-order valence-corrected chi connectivity index (χ0v) is 10.8. The zero-order valence-electron chi connectivity index (χ0n) is 9.99. The third-order valence-corrected chi connectivity index (χ3v) is 3.60. The largest absolute Gasteiger partial charge is 0.314 e. The van der Waals surface area contributed by atoms with E-state index >= 15 is 0 Å². The van der Waals surface area contributed by atoms with Gasteiger partial charge in [0.15, 0.2) is 0 Å². The van der Waals surface area contributed by atoms with Gasteiger partial charge in [0.25, 0.3) is 0 Å². The summed E-state index contributed by atoms with van der Waals surface area (Å²) in [6.45, 7) is 7.83. The minimum absolute atomic E-state index is 0.607. The molecule has 1 N–H and O–H groups in total. The van der Waals surface area contributed by atoms with Crippen LogP contribution >= 0.6 is 11.3 Å². The Morgan fingerprint density at radius 2 is 2.27 bits per heavy atom. The normalized spacial score (nSPS) is 15.1. The van der Waals surface area contributed by atoms with Crippen LogP contribution in [0.5, 0.6) is 0 Å². The Labute approximate surface area is 97.1 Å². The summed E-state index contributed by atoms with van der Waals surface area (Å²) >= 11 is 1.76. The Morgan fingerprint density at radius 1 is 1.47 bits per heavy atom. The van der Waals surface area contributed by atoms with E-state index in [4.69, 9.17) is 0 Å².